The van der Waals surface area contributed by atoms with E-state index in [1.54, 1.807) is 0 Å². The van der Waals surface area contributed by atoms with Crippen LogP contribution in [0, 0.1) is 0 Å². The summed E-state index contributed by atoms with van der Waals surface area (Å²) in [5.74, 6) is 0. The zero-order chi connectivity index (χ0) is 47.8. The predicted octanol–water partition coefficient (Wildman–Crippen LogP) is 24.1. The lowest BCUT2D eigenvalue weighted by atomic mass is 9.97. The molecule has 6 aromatic carbocycles. The summed E-state index contributed by atoms with van der Waals surface area (Å²) in [7, 11) is 0. The van der Waals surface area contributed by atoms with Crippen LogP contribution in [0.2, 0.25) is 0 Å². The number of rotatable bonds is 9. The highest BCUT2D eigenvalue weighted by Gasteiger charge is 2.04. The number of allylic oxidation sites excluding steroid dienone is 9. The third-order valence-electron chi connectivity index (χ3n) is 7.87. The van der Waals surface area contributed by atoms with Crippen LogP contribution in [0.4, 0.5) is 0 Å². The van der Waals surface area contributed by atoms with Crippen molar-refractivity contribution >= 4 is 16.7 Å². The largest absolute Gasteiger partial charge is 0.0876 e. The summed E-state index contributed by atoms with van der Waals surface area (Å²) in [6.07, 6.45) is 18.9. The predicted molar refractivity (Wildman–Crippen MR) is 333 cm³/mol. The Morgan fingerprint density at radius 3 is 0.435 bits per heavy atom. The van der Waals surface area contributed by atoms with Gasteiger partial charge in [0.05, 0.1) is 0 Å². The molecule has 0 amide bonds. The summed E-state index contributed by atoms with van der Waals surface area (Å²) in [5, 5.41) is 0. The minimum Gasteiger partial charge on any atom is -0.0876 e. The van der Waals surface area contributed by atoms with Gasteiger partial charge in [-0.3, -0.25) is 0 Å². The summed E-state index contributed by atoms with van der Waals surface area (Å²) < 4.78 is 0. The fourth-order valence-electron chi connectivity index (χ4n) is 5.36. The van der Waals surface area contributed by atoms with Gasteiger partial charge in [0, 0.05) is 0 Å². The Morgan fingerprint density at radius 1 is 0.217 bits per heavy atom. The Balaban J connectivity index is -0.0000000967. The third-order valence-corrected chi connectivity index (χ3v) is 7.87. The molecule has 0 aliphatic rings. The molecule has 0 spiro atoms. The van der Waals surface area contributed by atoms with E-state index in [9.17, 15) is 0 Å². The van der Waals surface area contributed by atoms with Crippen LogP contribution in [0.25, 0.3) is 16.7 Å². The Labute approximate surface area is 433 Å². The molecular formula is C69H108. The summed E-state index contributed by atoms with van der Waals surface area (Å²) in [6, 6.07) is 62.8. The van der Waals surface area contributed by atoms with Gasteiger partial charge in [0.1, 0.15) is 0 Å². The number of hydrogen-bond acceptors (Lipinski definition) is 0. The number of benzene rings is 6. The summed E-state index contributed by atoms with van der Waals surface area (Å²) >= 11 is 0. The summed E-state index contributed by atoms with van der Waals surface area (Å²) in [5.41, 5.74) is 11.2. The first-order chi connectivity index (χ1) is 31.2. The van der Waals surface area contributed by atoms with Crippen molar-refractivity contribution in [2.24, 2.45) is 0 Å². The molecule has 0 heteroatoms. The maximum absolute atomic E-state index is 2.16. The van der Waals surface area contributed by atoms with Gasteiger partial charge in [-0.15, -0.1) is 0 Å². The molecule has 6 rings (SSSR count). The first-order valence-corrected chi connectivity index (χ1v) is 23.6. The molecule has 0 aliphatic carbocycles. The zero-order valence-corrected chi connectivity index (χ0v) is 42.0. The van der Waals surface area contributed by atoms with Crippen molar-refractivity contribution < 1.29 is 0 Å². The highest BCUT2D eigenvalue weighted by Crippen LogP contribution is 2.25. The van der Waals surface area contributed by atoms with E-state index >= 15 is 0 Å². The minimum atomic E-state index is 0. The van der Waals surface area contributed by atoms with Gasteiger partial charge >= 0.3 is 0 Å². The lowest BCUT2D eigenvalue weighted by Crippen LogP contribution is -1.86. The van der Waals surface area contributed by atoms with Gasteiger partial charge in [-0.2, -0.15) is 0 Å². The molecule has 0 N–H and O–H groups in total. The van der Waals surface area contributed by atoms with Gasteiger partial charge in [0.25, 0.3) is 0 Å². The molecule has 0 aliphatic heterocycles. The van der Waals surface area contributed by atoms with Crippen molar-refractivity contribution in [3.63, 3.8) is 0 Å². The van der Waals surface area contributed by atoms with E-state index in [4.69, 9.17) is 0 Å². The Morgan fingerprint density at radius 2 is 0.333 bits per heavy atom. The van der Waals surface area contributed by atoms with E-state index in [0.717, 1.165) is 0 Å². The average Bonchev–Trinajstić information content (AvgIpc) is 3.40. The molecular weight excluding hydrogens is 829 g/mol. The molecule has 0 aromatic heterocycles. The van der Waals surface area contributed by atoms with Crippen LogP contribution in [-0.4, -0.2) is 0 Å². The van der Waals surface area contributed by atoms with Crippen LogP contribution in [0.15, 0.2) is 237 Å². The van der Waals surface area contributed by atoms with Crippen molar-refractivity contribution in [3.05, 3.63) is 270 Å². The van der Waals surface area contributed by atoms with E-state index < -0.39 is 0 Å². The zero-order valence-electron chi connectivity index (χ0n) is 42.0. The summed E-state index contributed by atoms with van der Waals surface area (Å²) in [6.45, 7) is 30.1. The van der Waals surface area contributed by atoms with Gasteiger partial charge in [0.15, 0.2) is 0 Å². The second-order valence-electron chi connectivity index (χ2n) is 11.5. The van der Waals surface area contributed by atoms with Crippen LogP contribution in [0.3, 0.4) is 0 Å². The fourth-order valence-corrected chi connectivity index (χ4v) is 5.36. The van der Waals surface area contributed by atoms with Gasteiger partial charge in [-0.05, 0) is 70.9 Å². The fraction of sp³-hybridized carbons (Fsp3) is 0.304. The molecule has 0 bridgehead atoms. The van der Waals surface area contributed by atoms with Crippen molar-refractivity contribution in [1.29, 1.82) is 0 Å². The second kappa shape index (κ2) is 63.8. The second-order valence-corrected chi connectivity index (χ2v) is 11.5. The molecule has 384 valence electrons. The summed E-state index contributed by atoms with van der Waals surface area (Å²) in [4.78, 5) is 0. The molecule has 0 saturated heterocycles. The number of hydrogen-bond donors (Lipinski definition) is 0. The molecule has 0 unspecified atom stereocenters. The van der Waals surface area contributed by atoms with Gasteiger partial charge in [-0.1, -0.05) is 364 Å². The molecule has 0 nitrogen and oxygen atoms in total. The maximum Gasteiger partial charge on any atom is -0.0112 e. The maximum atomic E-state index is 2.16. The Kier molecular flexibility index (Phi) is 76.6. The Hall–Kier alpha value is -6.24. The lowest BCUT2D eigenvalue weighted by Gasteiger charge is -2.07. The first kappa shape index (κ1) is 82.8. The van der Waals surface area contributed by atoms with Crippen molar-refractivity contribution in [2.75, 3.05) is 0 Å². The quantitative estimate of drug-likeness (QED) is 0.127. The van der Waals surface area contributed by atoms with Crippen LogP contribution in [0.1, 0.15) is 182 Å². The van der Waals surface area contributed by atoms with E-state index in [1.165, 1.54) is 50.1 Å². The van der Waals surface area contributed by atoms with Gasteiger partial charge in [-0.25, -0.2) is 0 Å². The average molecular weight is 938 g/mol. The monoisotopic (exact) mass is 937 g/mol. The topological polar surface area (TPSA) is 0 Å². The molecule has 0 saturated carbocycles. The standard InChI is InChI=1S/3C17H16.6C2H6.6CH4/c3*1-2-3-14-17(15-10-6-4-7-11-15)16-12-8-5-9-13-16;6*1-2;;;;;;/h3*2-14H,1H3;6*1-2H3;6*1H4. The van der Waals surface area contributed by atoms with Crippen molar-refractivity contribution in [2.45, 2.75) is 148 Å². The van der Waals surface area contributed by atoms with Gasteiger partial charge in [0.2, 0.25) is 0 Å². The molecule has 0 radical (unpaired) electrons. The van der Waals surface area contributed by atoms with Crippen molar-refractivity contribution in [1.82, 2.24) is 0 Å². The normalized spacial score (nSPS) is 8.22. The first-order valence-electron chi connectivity index (χ1n) is 23.6. The molecule has 0 heterocycles. The molecule has 69 heavy (non-hydrogen) atoms. The smallest absolute Gasteiger partial charge is 0.0112 e. The molecule has 0 fully saturated rings. The van der Waals surface area contributed by atoms with Crippen LogP contribution in [0.5, 0.6) is 0 Å². The molecule has 6 aromatic rings. The van der Waals surface area contributed by atoms with E-state index in [2.05, 4.69) is 182 Å². The van der Waals surface area contributed by atoms with Crippen molar-refractivity contribution in [3.8, 4) is 0 Å². The highest BCUT2D eigenvalue weighted by atomic mass is 14.1. The van der Waals surface area contributed by atoms with E-state index in [-0.39, 0.29) is 44.6 Å². The van der Waals surface area contributed by atoms with Crippen LogP contribution >= 0.6 is 0 Å². The lowest BCUT2D eigenvalue weighted by molar-refractivity contribution is 1.50. The van der Waals surface area contributed by atoms with Gasteiger partial charge < -0.3 is 0 Å². The van der Waals surface area contributed by atoms with E-state index in [0.29, 0.717) is 0 Å². The Bertz CT molecular complexity index is 1630. The molecule has 0 atom stereocenters. The van der Waals surface area contributed by atoms with Crippen LogP contribution < -0.4 is 0 Å². The van der Waals surface area contributed by atoms with Crippen LogP contribution in [-0.2, 0) is 0 Å². The third kappa shape index (κ3) is 36.5. The van der Waals surface area contributed by atoms with E-state index in [1.807, 2.05) is 158 Å². The SMILES string of the molecule is C.C.C.C.C.C.CC.CC.CC.CC.CC.CC.CC=CC=C(c1ccccc1)c1ccccc1.CC=CC=C(c1ccccc1)c1ccccc1.CC=CC=C(c1ccccc1)c1ccccc1. The highest BCUT2D eigenvalue weighted by molar-refractivity contribution is 5.82. The minimum absolute atomic E-state index is 0.